The second kappa shape index (κ2) is 10.1. The van der Waals surface area contributed by atoms with E-state index >= 15 is 0 Å². The van der Waals surface area contributed by atoms with Gasteiger partial charge in [0, 0.05) is 0 Å². The lowest BCUT2D eigenvalue weighted by atomic mass is 10.2. The number of hydrogen-bond donors (Lipinski definition) is 1. The van der Waals surface area contributed by atoms with Gasteiger partial charge in [-0.2, -0.15) is 0 Å². The largest absolute Gasteiger partial charge is 0.493 e. The third-order valence-corrected chi connectivity index (χ3v) is 2.71. The molecule has 1 rings (SSSR count). The third kappa shape index (κ3) is 6.15. The van der Waals surface area contributed by atoms with Crippen LogP contribution in [-0.2, 0) is 14.3 Å². The molecule has 2 amide bonds. The molecule has 0 aliphatic rings. The first-order valence-corrected chi connectivity index (χ1v) is 7.46. The minimum Gasteiger partial charge on any atom is -0.493 e. The van der Waals surface area contributed by atoms with Gasteiger partial charge in [0.2, 0.25) is 0 Å². The average molecular weight is 339 g/mol. The molecule has 0 aliphatic heterocycles. The Labute approximate surface area is 140 Å². The Kier molecular flexibility index (Phi) is 8.10. The fourth-order valence-electron chi connectivity index (χ4n) is 1.66. The van der Waals surface area contributed by atoms with E-state index in [0.717, 1.165) is 6.42 Å². The van der Waals surface area contributed by atoms with Crippen molar-refractivity contribution in [3.05, 3.63) is 23.8 Å². The smallest absolute Gasteiger partial charge is 0.413 e. The van der Waals surface area contributed by atoms with Crippen LogP contribution in [0.4, 0.5) is 4.79 Å². The van der Waals surface area contributed by atoms with Crippen LogP contribution in [-0.4, -0.2) is 44.9 Å². The van der Waals surface area contributed by atoms with Crippen LogP contribution in [0.2, 0.25) is 0 Å². The van der Waals surface area contributed by atoms with Crippen molar-refractivity contribution < 1.29 is 33.3 Å². The molecule has 0 saturated heterocycles. The number of alkyl carbamates (subject to hydrolysis) is 1. The molecule has 0 saturated carbocycles. The molecule has 0 bridgehead atoms. The van der Waals surface area contributed by atoms with E-state index in [0.29, 0.717) is 18.1 Å². The SMILES string of the molecule is CCCOc1ccc(C(=O)OCC(=O)NC(=O)OCC)cc1OC. The zero-order valence-electron chi connectivity index (χ0n) is 13.9. The molecule has 1 N–H and O–H groups in total. The Morgan fingerprint density at radius 3 is 2.46 bits per heavy atom. The van der Waals surface area contributed by atoms with E-state index in [2.05, 4.69) is 4.74 Å². The molecular weight excluding hydrogens is 318 g/mol. The number of hydrogen-bond acceptors (Lipinski definition) is 7. The van der Waals surface area contributed by atoms with Gasteiger partial charge in [-0.3, -0.25) is 10.1 Å². The maximum absolute atomic E-state index is 11.9. The van der Waals surface area contributed by atoms with Crippen LogP contribution in [0.1, 0.15) is 30.6 Å². The lowest BCUT2D eigenvalue weighted by molar-refractivity contribution is -0.123. The van der Waals surface area contributed by atoms with E-state index in [1.54, 1.807) is 13.0 Å². The van der Waals surface area contributed by atoms with Crippen LogP contribution >= 0.6 is 0 Å². The van der Waals surface area contributed by atoms with Gasteiger partial charge in [-0.05, 0) is 31.5 Å². The molecule has 132 valence electrons. The van der Waals surface area contributed by atoms with Crippen LogP contribution < -0.4 is 14.8 Å². The third-order valence-electron chi connectivity index (χ3n) is 2.71. The number of imide groups is 1. The van der Waals surface area contributed by atoms with Crippen LogP contribution in [0.25, 0.3) is 0 Å². The molecule has 0 aliphatic carbocycles. The number of carbonyl (C=O) groups is 3. The molecule has 24 heavy (non-hydrogen) atoms. The standard InChI is InChI=1S/C16H21NO7/c1-4-8-23-12-7-6-11(9-13(12)21-3)15(19)24-10-14(18)17-16(20)22-5-2/h6-7,9H,4-5,8,10H2,1-3H3,(H,17,18,20). The predicted molar refractivity (Wildman–Crippen MR) is 84.2 cm³/mol. The Morgan fingerprint density at radius 2 is 1.83 bits per heavy atom. The van der Waals surface area contributed by atoms with Gasteiger partial charge in [0.05, 0.1) is 25.9 Å². The summed E-state index contributed by atoms with van der Waals surface area (Å²) in [5.41, 5.74) is 0.194. The molecule has 0 aromatic heterocycles. The molecule has 0 fully saturated rings. The molecule has 1 aromatic carbocycles. The Hall–Kier alpha value is -2.77. The van der Waals surface area contributed by atoms with E-state index in [1.165, 1.54) is 19.2 Å². The first-order valence-electron chi connectivity index (χ1n) is 7.46. The summed E-state index contributed by atoms with van der Waals surface area (Å²) in [5.74, 6) is -0.615. The summed E-state index contributed by atoms with van der Waals surface area (Å²) in [5, 5.41) is 1.92. The van der Waals surface area contributed by atoms with E-state index in [9.17, 15) is 14.4 Å². The number of rotatable bonds is 8. The van der Waals surface area contributed by atoms with Gasteiger partial charge in [-0.15, -0.1) is 0 Å². The minimum atomic E-state index is -0.891. The summed E-state index contributed by atoms with van der Waals surface area (Å²) in [6, 6.07) is 4.54. The van der Waals surface area contributed by atoms with Gasteiger partial charge >= 0.3 is 12.1 Å². The molecule has 0 atom stereocenters. The van der Waals surface area contributed by atoms with Gasteiger partial charge in [0.1, 0.15) is 0 Å². The van der Waals surface area contributed by atoms with Crippen molar-refractivity contribution in [3.8, 4) is 11.5 Å². The van der Waals surface area contributed by atoms with E-state index in [-0.39, 0.29) is 12.2 Å². The summed E-state index contributed by atoms with van der Waals surface area (Å²) in [4.78, 5) is 34.4. The number of methoxy groups -OCH3 is 1. The molecule has 1 aromatic rings. The molecule has 8 heteroatoms. The fraction of sp³-hybridized carbons (Fsp3) is 0.438. The second-order valence-corrected chi connectivity index (χ2v) is 4.56. The zero-order chi connectivity index (χ0) is 17.9. The zero-order valence-corrected chi connectivity index (χ0v) is 13.9. The monoisotopic (exact) mass is 339 g/mol. The van der Waals surface area contributed by atoms with E-state index < -0.39 is 24.6 Å². The molecule has 0 radical (unpaired) electrons. The van der Waals surface area contributed by atoms with Gasteiger partial charge in [0.25, 0.3) is 5.91 Å². The maximum atomic E-state index is 11.9. The predicted octanol–water partition coefficient (Wildman–Crippen LogP) is 1.91. The van der Waals surface area contributed by atoms with E-state index in [1.807, 2.05) is 12.2 Å². The van der Waals surface area contributed by atoms with Crippen molar-refractivity contribution in [2.75, 3.05) is 26.9 Å². The highest BCUT2D eigenvalue weighted by atomic mass is 16.6. The summed E-state index contributed by atoms with van der Waals surface area (Å²) < 4.78 is 20.0. The fourth-order valence-corrected chi connectivity index (χ4v) is 1.66. The summed E-state index contributed by atoms with van der Waals surface area (Å²) in [6.45, 7) is 3.62. The topological polar surface area (TPSA) is 100 Å². The van der Waals surface area contributed by atoms with Crippen molar-refractivity contribution in [1.29, 1.82) is 0 Å². The Balaban J connectivity index is 2.61. The van der Waals surface area contributed by atoms with Crippen molar-refractivity contribution in [2.24, 2.45) is 0 Å². The van der Waals surface area contributed by atoms with Crippen molar-refractivity contribution in [2.45, 2.75) is 20.3 Å². The van der Waals surface area contributed by atoms with Gasteiger partial charge in [-0.25, -0.2) is 9.59 Å². The van der Waals surface area contributed by atoms with E-state index in [4.69, 9.17) is 14.2 Å². The number of nitrogens with one attached hydrogen (secondary N) is 1. The minimum absolute atomic E-state index is 0.130. The Morgan fingerprint density at radius 1 is 1.08 bits per heavy atom. The number of benzene rings is 1. The van der Waals surface area contributed by atoms with Gasteiger partial charge in [-0.1, -0.05) is 6.92 Å². The first-order chi connectivity index (χ1) is 11.5. The van der Waals surface area contributed by atoms with Crippen LogP contribution in [0.3, 0.4) is 0 Å². The lowest BCUT2D eigenvalue weighted by Gasteiger charge is -2.11. The van der Waals surface area contributed by atoms with Crippen LogP contribution in [0.5, 0.6) is 11.5 Å². The summed E-state index contributed by atoms with van der Waals surface area (Å²) in [7, 11) is 1.45. The van der Waals surface area contributed by atoms with Crippen LogP contribution in [0.15, 0.2) is 18.2 Å². The average Bonchev–Trinajstić information content (AvgIpc) is 2.57. The van der Waals surface area contributed by atoms with Crippen molar-refractivity contribution >= 4 is 18.0 Å². The maximum Gasteiger partial charge on any atom is 0.413 e. The summed E-state index contributed by atoms with van der Waals surface area (Å²) >= 11 is 0. The van der Waals surface area contributed by atoms with Crippen LogP contribution in [0, 0.1) is 0 Å². The van der Waals surface area contributed by atoms with Crippen molar-refractivity contribution in [1.82, 2.24) is 5.32 Å². The number of amides is 2. The summed E-state index contributed by atoms with van der Waals surface area (Å²) in [6.07, 6.45) is -0.0552. The molecule has 0 heterocycles. The molecule has 0 spiro atoms. The second-order valence-electron chi connectivity index (χ2n) is 4.56. The highest BCUT2D eigenvalue weighted by Gasteiger charge is 2.15. The highest BCUT2D eigenvalue weighted by Crippen LogP contribution is 2.28. The highest BCUT2D eigenvalue weighted by molar-refractivity contribution is 5.95. The quantitative estimate of drug-likeness (QED) is 0.722. The lowest BCUT2D eigenvalue weighted by Crippen LogP contribution is -2.34. The molecule has 8 nitrogen and oxygen atoms in total. The van der Waals surface area contributed by atoms with Gasteiger partial charge in [0.15, 0.2) is 18.1 Å². The number of carbonyl (C=O) groups excluding carboxylic acids is 3. The number of esters is 1. The van der Waals surface area contributed by atoms with Gasteiger partial charge < -0.3 is 18.9 Å². The van der Waals surface area contributed by atoms with Crippen molar-refractivity contribution in [3.63, 3.8) is 0 Å². The molecule has 0 unspecified atom stereocenters. The Bertz CT molecular complexity index is 586. The molecular formula is C16H21NO7. The number of ether oxygens (including phenoxy) is 4. The normalized spacial score (nSPS) is 9.79. The first kappa shape index (κ1) is 19.3.